The standard InChI is InChI=1S/C13H28N2O2/c1-6-8-15(13(5,7-2)10-14)12(16)17-9-11(3)4/h11H,6-10,14H2,1-5H3. The average Bonchev–Trinajstić information content (AvgIpc) is 2.32. The molecule has 2 N–H and O–H groups in total. The molecule has 4 heteroatoms. The molecule has 1 amide bonds. The second kappa shape index (κ2) is 7.54. The second-order valence-corrected chi connectivity index (χ2v) is 5.18. The quantitative estimate of drug-likeness (QED) is 0.749. The minimum Gasteiger partial charge on any atom is -0.449 e. The molecule has 4 nitrogen and oxygen atoms in total. The number of rotatable bonds is 7. The first-order valence-corrected chi connectivity index (χ1v) is 6.55. The summed E-state index contributed by atoms with van der Waals surface area (Å²) >= 11 is 0. The molecule has 102 valence electrons. The van der Waals surface area contributed by atoms with Gasteiger partial charge < -0.3 is 15.4 Å². The summed E-state index contributed by atoms with van der Waals surface area (Å²) in [6.45, 7) is 11.8. The zero-order chi connectivity index (χ0) is 13.5. The zero-order valence-corrected chi connectivity index (χ0v) is 12.0. The summed E-state index contributed by atoms with van der Waals surface area (Å²) in [6, 6.07) is 0. The predicted octanol–water partition coefficient (Wildman–Crippen LogP) is 2.62. The van der Waals surface area contributed by atoms with Crippen LogP contribution in [-0.4, -0.2) is 36.2 Å². The topological polar surface area (TPSA) is 55.6 Å². The molecule has 0 aliphatic rings. The smallest absolute Gasteiger partial charge is 0.410 e. The van der Waals surface area contributed by atoms with E-state index in [-0.39, 0.29) is 11.6 Å². The summed E-state index contributed by atoms with van der Waals surface area (Å²) in [6.07, 6.45) is 1.50. The Morgan fingerprint density at radius 1 is 1.41 bits per heavy atom. The zero-order valence-electron chi connectivity index (χ0n) is 12.0. The summed E-state index contributed by atoms with van der Waals surface area (Å²) in [5.74, 6) is 0.355. The van der Waals surface area contributed by atoms with Crippen LogP contribution >= 0.6 is 0 Å². The van der Waals surface area contributed by atoms with E-state index in [0.717, 1.165) is 12.8 Å². The Morgan fingerprint density at radius 3 is 2.35 bits per heavy atom. The van der Waals surface area contributed by atoms with Gasteiger partial charge in [-0.1, -0.05) is 27.7 Å². The van der Waals surface area contributed by atoms with Gasteiger partial charge >= 0.3 is 6.09 Å². The molecule has 0 aromatic rings. The van der Waals surface area contributed by atoms with E-state index in [0.29, 0.717) is 25.6 Å². The Balaban J connectivity index is 4.65. The highest BCUT2D eigenvalue weighted by Crippen LogP contribution is 2.19. The molecule has 0 saturated heterocycles. The molecule has 0 aliphatic carbocycles. The van der Waals surface area contributed by atoms with Crippen molar-refractivity contribution >= 4 is 6.09 Å². The summed E-state index contributed by atoms with van der Waals surface area (Å²) in [5, 5.41) is 0. The summed E-state index contributed by atoms with van der Waals surface area (Å²) in [7, 11) is 0. The number of amides is 1. The Labute approximate surface area is 105 Å². The van der Waals surface area contributed by atoms with Gasteiger partial charge in [0, 0.05) is 13.1 Å². The fourth-order valence-corrected chi connectivity index (χ4v) is 1.57. The van der Waals surface area contributed by atoms with Crippen molar-refractivity contribution < 1.29 is 9.53 Å². The van der Waals surface area contributed by atoms with Gasteiger partial charge in [-0.25, -0.2) is 4.79 Å². The number of nitrogens with zero attached hydrogens (tertiary/aromatic N) is 1. The number of hydrogen-bond donors (Lipinski definition) is 1. The highest BCUT2D eigenvalue weighted by atomic mass is 16.6. The van der Waals surface area contributed by atoms with Crippen molar-refractivity contribution in [1.29, 1.82) is 0 Å². The molecule has 0 heterocycles. The minimum absolute atomic E-state index is 0.240. The number of carbonyl (C=O) groups is 1. The minimum atomic E-state index is -0.302. The van der Waals surface area contributed by atoms with Gasteiger partial charge in [-0.15, -0.1) is 0 Å². The van der Waals surface area contributed by atoms with E-state index < -0.39 is 0 Å². The Kier molecular flexibility index (Phi) is 7.19. The third kappa shape index (κ3) is 4.94. The lowest BCUT2D eigenvalue weighted by Gasteiger charge is -2.39. The van der Waals surface area contributed by atoms with Gasteiger partial charge in [0.25, 0.3) is 0 Å². The number of ether oxygens (including phenoxy) is 1. The lowest BCUT2D eigenvalue weighted by atomic mass is 9.97. The van der Waals surface area contributed by atoms with E-state index in [1.54, 1.807) is 4.90 Å². The molecular weight excluding hydrogens is 216 g/mol. The van der Waals surface area contributed by atoms with Crippen molar-refractivity contribution in [2.45, 2.75) is 53.0 Å². The largest absolute Gasteiger partial charge is 0.449 e. The van der Waals surface area contributed by atoms with Crippen LogP contribution in [0.1, 0.15) is 47.5 Å². The van der Waals surface area contributed by atoms with Crippen molar-refractivity contribution in [3.8, 4) is 0 Å². The molecule has 0 aromatic heterocycles. The molecule has 0 saturated carbocycles. The molecule has 1 unspecified atom stereocenters. The van der Waals surface area contributed by atoms with Crippen molar-refractivity contribution in [2.75, 3.05) is 19.7 Å². The Bertz CT molecular complexity index is 225. The van der Waals surface area contributed by atoms with Crippen LogP contribution in [0.4, 0.5) is 4.79 Å². The van der Waals surface area contributed by atoms with E-state index in [1.807, 2.05) is 27.7 Å². The first kappa shape index (κ1) is 16.2. The van der Waals surface area contributed by atoms with Crippen molar-refractivity contribution in [2.24, 2.45) is 11.7 Å². The molecule has 0 radical (unpaired) electrons. The fraction of sp³-hybridized carbons (Fsp3) is 0.923. The third-order valence-electron chi connectivity index (χ3n) is 3.06. The van der Waals surface area contributed by atoms with Gasteiger partial charge in [0.1, 0.15) is 0 Å². The average molecular weight is 244 g/mol. The molecule has 0 rings (SSSR count). The number of hydrogen-bond acceptors (Lipinski definition) is 3. The van der Waals surface area contributed by atoms with Gasteiger partial charge in [-0.2, -0.15) is 0 Å². The second-order valence-electron chi connectivity index (χ2n) is 5.18. The first-order chi connectivity index (χ1) is 7.91. The summed E-state index contributed by atoms with van der Waals surface area (Å²) < 4.78 is 5.30. The van der Waals surface area contributed by atoms with E-state index in [1.165, 1.54) is 0 Å². The monoisotopic (exact) mass is 244 g/mol. The first-order valence-electron chi connectivity index (χ1n) is 6.55. The van der Waals surface area contributed by atoms with Crippen LogP contribution in [0.5, 0.6) is 0 Å². The molecule has 0 fully saturated rings. The Hall–Kier alpha value is -0.770. The molecule has 1 atom stereocenters. The summed E-state index contributed by atoms with van der Waals surface area (Å²) in [4.78, 5) is 13.8. The molecule has 0 bridgehead atoms. The lowest BCUT2D eigenvalue weighted by Crippen LogP contribution is -2.54. The maximum Gasteiger partial charge on any atom is 0.410 e. The van der Waals surface area contributed by atoms with E-state index in [9.17, 15) is 4.79 Å². The van der Waals surface area contributed by atoms with Crippen LogP contribution in [0.15, 0.2) is 0 Å². The van der Waals surface area contributed by atoms with E-state index >= 15 is 0 Å². The van der Waals surface area contributed by atoms with E-state index in [2.05, 4.69) is 6.92 Å². The van der Waals surface area contributed by atoms with Crippen LogP contribution in [0.3, 0.4) is 0 Å². The van der Waals surface area contributed by atoms with E-state index in [4.69, 9.17) is 10.5 Å². The van der Waals surface area contributed by atoms with Gasteiger partial charge in [0.2, 0.25) is 0 Å². The van der Waals surface area contributed by atoms with Gasteiger partial charge in [0.15, 0.2) is 0 Å². The maximum absolute atomic E-state index is 12.1. The van der Waals surface area contributed by atoms with Crippen LogP contribution in [0.2, 0.25) is 0 Å². The number of carbonyl (C=O) groups excluding carboxylic acids is 1. The van der Waals surface area contributed by atoms with Crippen molar-refractivity contribution in [1.82, 2.24) is 4.90 Å². The maximum atomic E-state index is 12.1. The van der Waals surface area contributed by atoms with Crippen molar-refractivity contribution in [3.63, 3.8) is 0 Å². The van der Waals surface area contributed by atoms with Crippen LogP contribution in [0, 0.1) is 5.92 Å². The van der Waals surface area contributed by atoms with Crippen LogP contribution in [0.25, 0.3) is 0 Å². The van der Waals surface area contributed by atoms with Crippen LogP contribution < -0.4 is 5.73 Å². The molecule has 0 aromatic carbocycles. The molecule has 17 heavy (non-hydrogen) atoms. The number of nitrogens with two attached hydrogens (primary N) is 1. The molecule has 0 spiro atoms. The highest BCUT2D eigenvalue weighted by Gasteiger charge is 2.33. The SMILES string of the molecule is CCCN(C(=O)OCC(C)C)C(C)(CC)CN. The molecule has 0 aliphatic heterocycles. The van der Waals surface area contributed by atoms with Gasteiger partial charge in [-0.3, -0.25) is 0 Å². The van der Waals surface area contributed by atoms with Crippen molar-refractivity contribution in [3.05, 3.63) is 0 Å². The van der Waals surface area contributed by atoms with Gasteiger partial charge in [0.05, 0.1) is 12.1 Å². The Morgan fingerprint density at radius 2 is 2.00 bits per heavy atom. The fourth-order valence-electron chi connectivity index (χ4n) is 1.57. The highest BCUT2D eigenvalue weighted by molar-refractivity contribution is 5.68. The van der Waals surface area contributed by atoms with Crippen LogP contribution in [-0.2, 0) is 4.74 Å². The predicted molar refractivity (Wildman–Crippen MR) is 70.9 cm³/mol. The normalized spacial score (nSPS) is 14.5. The summed E-state index contributed by atoms with van der Waals surface area (Å²) in [5.41, 5.74) is 5.49. The van der Waals surface area contributed by atoms with Gasteiger partial charge in [-0.05, 0) is 25.7 Å². The third-order valence-corrected chi connectivity index (χ3v) is 3.06. The lowest BCUT2D eigenvalue weighted by molar-refractivity contribution is 0.0498. The molecular formula is C13H28N2O2.